The van der Waals surface area contributed by atoms with Crippen molar-refractivity contribution in [1.82, 2.24) is 4.90 Å². The van der Waals surface area contributed by atoms with Gasteiger partial charge in [-0.05, 0) is 89.9 Å². The van der Waals surface area contributed by atoms with Gasteiger partial charge < -0.3 is 31.1 Å². The lowest BCUT2D eigenvalue weighted by molar-refractivity contribution is 0.225. The van der Waals surface area contributed by atoms with Gasteiger partial charge in [0.1, 0.15) is 5.75 Å². The number of carbonyl (C=O) groups excluding carboxylic acids is 1. The molecule has 2 aliphatic rings. The van der Waals surface area contributed by atoms with Crippen molar-refractivity contribution < 1.29 is 25.2 Å². The molecule has 0 spiro atoms. The molecule has 5 rings (SSSR count). The Morgan fingerprint density at radius 1 is 1.03 bits per heavy atom. The third-order valence-corrected chi connectivity index (χ3v) is 8.22. The molecule has 2 amide bonds. The Labute approximate surface area is 220 Å². The molecule has 0 saturated carbocycles. The van der Waals surface area contributed by atoms with Crippen LogP contribution >= 0.6 is 11.8 Å². The van der Waals surface area contributed by atoms with Crippen molar-refractivity contribution in [3.8, 4) is 16.9 Å². The highest BCUT2D eigenvalue weighted by Crippen LogP contribution is 2.53. The van der Waals surface area contributed by atoms with E-state index < -0.39 is 12.6 Å². The van der Waals surface area contributed by atoms with E-state index in [2.05, 4.69) is 15.5 Å². The summed E-state index contributed by atoms with van der Waals surface area (Å²) in [5.41, 5.74) is 6.58. The highest BCUT2D eigenvalue weighted by Gasteiger charge is 2.38. The Morgan fingerprint density at radius 2 is 1.76 bits per heavy atom. The van der Waals surface area contributed by atoms with Crippen LogP contribution in [-0.2, 0) is 32.7 Å². The maximum absolute atomic E-state index is 13.0. The zero-order valence-electron chi connectivity index (χ0n) is 20.8. The van der Waals surface area contributed by atoms with Crippen molar-refractivity contribution in [2.75, 3.05) is 30.5 Å². The van der Waals surface area contributed by atoms with Crippen LogP contribution in [0.4, 0.5) is 16.2 Å². The van der Waals surface area contributed by atoms with Crippen LogP contribution in [0.3, 0.4) is 0 Å². The highest BCUT2D eigenvalue weighted by atomic mass is 32.2. The fourth-order valence-corrected chi connectivity index (χ4v) is 6.03. The quantitative estimate of drug-likeness (QED) is 0.214. The van der Waals surface area contributed by atoms with Gasteiger partial charge in [0, 0.05) is 40.0 Å². The standard InChI is InChI=1S/C28H31N3O5S/c1-31-8-7-15-9-16(12-32)21(14-34)25-24(15)23(31)11-20-22(10-17(13-33)27(35)26(20)25)30-28(36)29-18-3-5-19(37-2)6-4-18/h3-6,9-10,23,32-35H,7-8,11-14H2,1-2H3,(H2,29,30,36). The van der Waals surface area contributed by atoms with Crippen LogP contribution < -0.4 is 10.6 Å². The first kappa shape index (κ1) is 25.6. The van der Waals surface area contributed by atoms with E-state index in [0.717, 1.165) is 34.6 Å². The minimum atomic E-state index is -0.441. The molecule has 6 N–H and O–H groups in total. The van der Waals surface area contributed by atoms with Gasteiger partial charge in [0.25, 0.3) is 0 Å². The number of benzene rings is 3. The Bertz CT molecular complexity index is 1360. The molecular weight excluding hydrogens is 490 g/mol. The molecular formula is C28H31N3O5S. The number of urea groups is 1. The van der Waals surface area contributed by atoms with E-state index in [-0.39, 0.29) is 30.6 Å². The fourth-order valence-electron chi connectivity index (χ4n) is 5.62. The van der Waals surface area contributed by atoms with Gasteiger partial charge in [-0.15, -0.1) is 11.8 Å². The van der Waals surface area contributed by atoms with Gasteiger partial charge in [-0.25, -0.2) is 4.79 Å². The van der Waals surface area contributed by atoms with Gasteiger partial charge in [0.05, 0.1) is 19.8 Å². The summed E-state index contributed by atoms with van der Waals surface area (Å²) >= 11 is 1.61. The van der Waals surface area contributed by atoms with Gasteiger partial charge in [0.2, 0.25) is 0 Å². The second-order valence-corrected chi connectivity index (χ2v) is 10.4. The number of hydrogen-bond donors (Lipinski definition) is 6. The normalized spacial score (nSPS) is 16.2. The number of fused-ring (bicyclic) bond motifs is 2. The third-order valence-electron chi connectivity index (χ3n) is 7.48. The maximum atomic E-state index is 13.0. The first-order valence-corrected chi connectivity index (χ1v) is 13.4. The smallest absolute Gasteiger partial charge is 0.323 e. The summed E-state index contributed by atoms with van der Waals surface area (Å²) < 4.78 is 0. The van der Waals surface area contributed by atoms with Crippen molar-refractivity contribution in [3.05, 3.63) is 69.8 Å². The van der Waals surface area contributed by atoms with E-state index in [1.54, 1.807) is 17.8 Å². The number of carbonyl (C=O) groups is 1. The average Bonchev–Trinajstić information content (AvgIpc) is 2.91. The number of anilines is 2. The number of aliphatic hydroxyl groups excluding tert-OH is 3. The Kier molecular flexibility index (Phi) is 7.15. The molecule has 37 heavy (non-hydrogen) atoms. The minimum absolute atomic E-state index is 0.0219. The number of aliphatic hydroxyl groups is 3. The summed E-state index contributed by atoms with van der Waals surface area (Å²) in [5, 5.41) is 47.6. The van der Waals surface area contributed by atoms with E-state index in [9.17, 15) is 25.2 Å². The molecule has 0 saturated heterocycles. The summed E-state index contributed by atoms with van der Waals surface area (Å²) in [7, 11) is 2.04. The van der Waals surface area contributed by atoms with Crippen LogP contribution in [-0.4, -0.2) is 51.2 Å². The molecule has 8 nitrogen and oxygen atoms in total. The van der Waals surface area contributed by atoms with Crippen LogP contribution in [0.2, 0.25) is 0 Å². The molecule has 1 aliphatic heterocycles. The van der Waals surface area contributed by atoms with Crippen LogP contribution in [0.5, 0.6) is 5.75 Å². The number of phenols is 1. The zero-order chi connectivity index (χ0) is 26.3. The van der Waals surface area contributed by atoms with Crippen molar-refractivity contribution in [1.29, 1.82) is 0 Å². The summed E-state index contributed by atoms with van der Waals surface area (Å²) in [6, 6.07) is 10.6. The van der Waals surface area contributed by atoms with Crippen molar-refractivity contribution in [3.63, 3.8) is 0 Å². The first-order chi connectivity index (χ1) is 17.9. The Morgan fingerprint density at radius 3 is 2.41 bits per heavy atom. The van der Waals surface area contributed by atoms with Crippen LogP contribution in [0.15, 0.2) is 41.3 Å². The first-order valence-electron chi connectivity index (χ1n) is 12.2. The van der Waals surface area contributed by atoms with E-state index in [4.69, 9.17) is 0 Å². The van der Waals surface area contributed by atoms with E-state index >= 15 is 0 Å². The van der Waals surface area contributed by atoms with E-state index in [1.807, 2.05) is 43.6 Å². The number of amides is 2. The molecule has 0 bridgehead atoms. The molecule has 0 aromatic heterocycles. The average molecular weight is 522 g/mol. The number of nitrogens with one attached hydrogen (secondary N) is 2. The fraction of sp³-hybridized carbons (Fsp3) is 0.321. The maximum Gasteiger partial charge on any atom is 0.323 e. The lowest BCUT2D eigenvalue weighted by atomic mass is 9.73. The van der Waals surface area contributed by atoms with E-state index in [0.29, 0.717) is 40.0 Å². The summed E-state index contributed by atoms with van der Waals surface area (Å²) in [4.78, 5) is 16.3. The van der Waals surface area contributed by atoms with Crippen molar-refractivity contribution in [2.45, 2.75) is 43.6 Å². The number of nitrogens with zero attached hydrogens (tertiary/aromatic N) is 1. The van der Waals surface area contributed by atoms with Gasteiger partial charge in [0.15, 0.2) is 0 Å². The topological polar surface area (TPSA) is 125 Å². The number of hydrogen-bond acceptors (Lipinski definition) is 7. The summed E-state index contributed by atoms with van der Waals surface area (Å²) in [6.07, 6.45) is 3.30. The molecule has 1 atom stereocenters. The SMILES string of the molecule is CSc1ccc(NC(=O)Nc2cc(CO)c(O)c3c2CC2c4c(cc(CO)c(CO)c4-3)CCN2C)cc1. The molecule has 194 valence electrons. The molecule has 1 unspecified atom stereocenters. The number of likely N-dealkylation sites (N-methyl/N-ethyl adjacent to an activating group) is 1. The molecule has 0 fully saturated rings. The lowest BCUT2D eigenvalue weighted by Crippen LogP contribution is -2.36. The molecule has 1 aliphatic carbocycles. The highest BCUT2D eigenvalue weighted by molar-refractivity contribution is 7.98. The molecule has 3 aromatic carbocycles. The second kappa shape index (κ2) is 10.4. The minimum Gasteiger partial charge on any atom is -0.507 e. The Balaban J connectivity index is 1.64. The van der Waals surface area contributed by atoms with Gasteiger partial charge in [-0.1, -0.05) is 6.07 Å². The predicted octanol–water partition coefficient (Wildman–Crippen LogP) is 3.99. The monoisotopic (exact) mass is 521 g/mol. The second-order valence-electron chi connectivity index (χ2n) is 9.48. The largest absolute Gasteiger partial charge is 0.507 e. The van der Waals surface area contributed by atoms with E-state index in [1.165, 1.54) is 0 Å². The van der Waals surface area contributed by atoms with Crippen molar-refractivity contribution in [2.24, 2.45) is 0 Å². The summed E-state index contributed by atoms with van der Waals surface area (Å²) in [5.74, 6) is -0.0743. The van der Waals surface area contributed by atoms with Gasteiger partial charge in [-0.2, -0.15) is 0 Å². The lowest BCUT2D eigenvalue weighted by Gasteiger charge is -2.42. The van der Waals surface area contributed by atoms with Crippen LogP contribution in [0, 0.1) is 0 Å². The number of aromatic hydroxyl groups is 1. The molecule has 9 heteroatoms. The number of rotatable bonds is 6. The summed E-state index contributed by atoms with van der Waals surface area (Å²) in [6.45, 7) is -0.154. The third kappa shape index (κ3) is 4.47. The van der Waals surface area contributed by atoms with Crippen molar-refractivity contribution >= 4 is 29.2 Å². The van der Waals surface area contributed by atoms with Crippen LogP contribution in [0.25, 0.3) is 11.1 Å². The van der Waals surface area contributed by atoms with Gasteiger partial charge >= 0.3 is 6.03 Å². The zero-order valence-corrected chi connectivity index (χ0v) is 21.7. The molecule has 1 heterocycles. The molecule has 3 aromatic rings. The predicted molar refractivity (Wildman–Crippen MR) is 145 cm³/mol. The molecule has 0 radical (unpaired) electrons. The van der Waals surface area contributed by atoms with Crippen LogP contribution in [0.1, 0.15) is 39.4 Å². The Hall–Kier alpha value is -3.08. The van der Waals surface area contributed by atoms with Gasteiger partial charge in [-0.3, -0.25) is 4.90 Å². The number of thioether (sulfide) groups is 1.